The van der Waals surface area contributed by atoms with Crippen LogP contribution in [0.25, 0.3) is 10.9 Å². The highest BCUT2D eigenvalue weighted by atomic mass is 31.1. The van der Waals surface area contributed by atoms with Crippen molar-refractivity contribution >= 4 is 24.5 Å². The molecule has 3 rings (SSSR count). The molecule has 5 heteroatoms. The molecule has 86 valence electrons. The molecule has 2 aromatic rings. The van der Waals surface area contributed by atoms with Gasteiger partial charge in [0.2, 0.25) is 0 Å². The van der Waals surface area contributed by atoms with Crippen LogP contribution >= 0.6 is 7.80 Å². The van der Waals surface area contributed by atoms with E-state index in [1.165, 1.54) is 0 Å². The molecule has 0 atom stereocenters. The van der Waals surface area contributed by atoms with Crippen LogP contribution < -0.4 is 4.90 Å². The van der Waals surface area contributed by atoms with Crippen molar-refractivity contribution in [3.63, 3.8) is 0 Å². The van der Waals surface area contributed by atoms with Crippen LogP contribution in [0.4, 0.5) is 5.82 Å². The van der Waals surface area contributed by atoms with Crippen molar-refractivity contribution in [2.45, 2.75) is 0 Å². The van der Waals surface area contributed by atoms with Crippen LogP contribution in [0.3, 0.4) is 0 Å². The fraction of sp³-hybridized carbons (Fsp3) is 0.333. The number of para-hydroxylation sites is 1. The van der Waals surface area contributed by atoms with Gasteiger partial charge in [0, 0.05) is 5.39 Å². The van der Waals surface area contributed by atoms with Crippen LogP contribution in [0.2, 0.25) is 0 Å². The summed E-state index contributed by atoms with van der Waals surface area (Å²) in [5, 5.41) is 1.08. The zero-order valence-electron chi connectivity index (χ0n) is 9.41. The van der Waals surface area contributed by atoms with E-state index >= 15 is 0 Å². The van der Waals surface area contributed by atoms with Gasteiger partial charge < -0.3 is 4.90 Å². The summed E-state index contributed by atoms with van der Waals surface area (Å²) in [6.07, 6.45) is 3.15. The van der Waals surface area contributed by atoms with Crippen molar-refractivity contribution in [3.8, 4) is 0 Å². The first-order chi connectivity index (χ1) is 8.34. The summed E-state index contributed by atoms with van der Waals surface area (Å²) in [6, 6.07) is 8.01. The highest BCUT2D eigenvalue weighted by molar-refractivity contribution is 7.44. The SMILES string of the molecule is O=[P+]1CCN(c2ncnc3ccccc23)CC1. The second kappa shape index (κ2) is 4.38. The Hall–Kier alpha value is -1.54. The molecule has 1 aromatic carbocycles. The maximum absolute atomic E-state index is 11.4. The molecule has 2 heterocycles. The molecule has 4 nitrogen and oxygen atoms in total. The van der Waals surface area contributed by atoms with Crippen LogP contribution in [-0.2, 0) is 4.57 Å². The highest BCUT2D eigenvalue weighted by Gasteiger charge is 2.26. The minimum Gasteiger partial charge on any atom is -0.347 e. The van der Waals surface area contributed by atoms with Crippen molar-refractivity contribution in [1.29, 1.82) is 0 Å². The highest BCUT2D eigenvalue weighted by Crippen LogP contribution is 2.29. The number of nitrogens with zero attached hydrogens (tertiary/aromatic N) is 3. The number of hydrogen-bond donors (Lipinski definition) is 0. The summed E-state index contributed by atoms with van der Waals surface area (Å²) < 4.78 is 11.4. The van der Waals surface area contributed by atoms with Gasteiger partial charge in [-0.05, 0) is 12.1 Å². The lowest BCUT2D eigenvalue weighted by molar-refractivity contribution is 0.582. The smallest absolute Gasteiger partial charge is 0.342 e. The number of anilines is 1. The van der Waals surface area contributed by atoms with E-state index in [9.17, 15) is 4.57 Å². The molecule has 0 bridgehead atoms. The summed E-state index contributed by atoms with van der Waals surface area (Å²) in [6.45, 7) is 1.66. The van der Waals surface area contributed by atoms with Gasteiger partial charge in [-0.15, -0.1) is 0 Å². The molecule has 1 aliphatic rings. The van der Waals surface area contributed by atoms with Gasteiger partial charge in [0.15, 0.2) is 12.3 Å². The molecule has 1 fully saturated rings. The summed E-state index contributed by atoms with van der Waals surface area (Å²) >= 11 is 0. The molecule has 17 heavy (non-hydrogen) atoms. The van der Waals surface area contributed by atoms with E-state index < -0.39 is 7.80 Å². The fourth-order valence-corrected chi connectivity index (χ4v) is 3.30. The number of fused-ring (bicyclic) bond motifs is 1. The molecule has 1 aromatic heterocycles. The maximum atomic E-state index is 11.4. The Morgan fingerprint density at radius 2 is 1.88 bits per heavy atom. The number of benzene rings is 1. The summed E-state index contributed by atoms with van der Waals surface area (Å²) in [5.41, 5.74) is 0.965. The third-order valence-corrected chi connectivity index (χ3v) is 4.46. The molecule has 1 saturated heterocycles. The van der Waals surface area contributed by atoms with Gasteiger partial charge in [-0.25, -0.2) is 9.97 Å². The van der Waals surface area contributed by atoms with Crippen LogP contribution in [0.15, 0.2) is 30.6 Å². The largest absolute Gasteiger partial charge is 0.347 e. The average Bonchev–Trinajstić information content (AvgIpc) is 2.39. The molecule has 0 unspecified atom stereocenters. The molecular formula is C12H13N3OP+. The van der Waals surface area contributed by atoms with E-state index in [4.69, 9.17) is 0 Å². The minimum atomic E-state index is -0.987. The van der Waals surface area contributed by atoms with Gasteiger partial charge in [0.05, 0.1) is 18.6 Å². The monoisotopic (exact) mass is 246 g/mol. The van der Waals surface area contributed by atoms with E-state index in [1.807, 2.05) is 24.3 Å². The summed E-state index contributed by atoms with van der Waals surface area (Å²) in [5.74, 6) is 0.971. The van der Waals surface area contributed by atoms with Crippen molar-refractivity contribution in [3.05, 3.63) is 30.6 Å². The normalized spacial score (nSPS) is 16.5. The molecule has 0 amide bonds. The molecule has 0 aliphatic carbocycles. The van der Waals surface area contributed by atoms with E-state index in [-0.39, 0.29) is 0 Å². The van der Waals surface area contributed by atoms with E-state index in [0.717, 1.165) is 42.1 Å². The van der Waals surface area contributed by atoms with Gasteiger partial charge >= 0.3 is 7.80 Å². The Kier molecular flexibility index (Phi) is 2.73. The van der Waals surface area contributed by atoms with E-state index in [1.54, 1.807) is 6.33 Å². The Morgan fingerprint density at radius 1 is 1.12 bits per heavy atom. The Labute approximate surface area is 100 Å². The second-order valence-electron chi connectivity index (χ2n) is 4.13. The molecule has 0 N–H and O–H groups in total. The van der Waals surface area contributed by atoms with Crippen LogP contribution in [-0.4, -0.2) is 35.4 Å². The summed E-state index contributed by atoms with van der Waals surface area (Å²) in [4.78, 5) is 10.8. The Bertz CT molecular complexity index is 557. The van der Waals surface area contributed by atoms with E-state index in [0.29, 0.717) is 0 Å². The zero-order valence-corrected chi connectivity index (χ0v) is 10.3. The fourth-order valence-electron chi connectivity index (χ4n) is 2.14. The maximum Gasteiger partial charge on any atom is 0.342 e. The average molecular weight is 246 g/mol. The lowest BCUT2D eigenvalue weighted by Crippen LogP contribution is -2.33. The summed E-state index contributed by atoms with van der Waals surface area (Å²) in [7, 11) is -0.987. The van der Waals surface area contributed by atoms with Gasteiger partial charge in [-0.3, -0.25) is 0 Å². The lowest BCUT2D eigenvalue weighted by atomic mass is 10.2. The first-order valence-corrected chi connectivity index (χ1v) is 7.34. The zero-order chi connectivity index (χ0) is 11.7. The van der Waals surface area contributed by atoms with Crippen LogP contribution in [0, 0.1) is 0 Å². The van der Waals surface area contributed by atoms with Crippen molar-refractivity contribution in [2.24, 2.45) is 0 Å². The van der Waals surface area contributed by atoms with Crippen molar-refractivity contribution in [2.75, 3.05) is 30.3 Å². The molecule has 1 aliphatic heterocycles. The molecule has 0 saturated carbocycles. The lowest BCUT2D eigenvalue weighted by Gasteiger charge is -2.23. The van der Waals surface area contributed by atoms with Gasteiger partial charge in [0.25, 0.3) is 0 Å². The van der Waals surface area contributed by atoms with Gasteiger partial charge in [0.1, 0.15) is 12.1 Å². The first-order valence-electron chi connectivity index (χ1n) is 5.71. The Morgan fingerprint density at radius 3 is 2.71 bits per heavy atom. The predicted octanol–water partition coefficient (Wildman–Crippen LogP) is 2.28. The standard InChI is InChI=1S/C12H13N3OP/c16-17-7-5-15(6-8-17)12-10-3-1-2-4-11(10)13-9-14-12/h1-4,9H,5-8H2/q+1. The van der Waals surface area contributed by atoms with Gasteiger partial charge in [-0.2, -0.15) is 0 Å². The third kappa shape index (κ3) is 2.01. The number of rotatable bonds is 1. The second-order valence-corrected chi connectivity index (χ2v) is 5.99. The molecule has 0 radical (unpaired) electrons. The molecule has 0 spiro atoms. The quantitative estimate of drug-likeness (QED) is 0.724. The van der Waals surface area contributed by atoms with Crippen LogP contribution in [0.5, 0.6) is 0 Å². The number of hydrogen-bond acceptors (Lipinski definition) is 4. The van der Waals surface area contributed by atoms with Crippen LogP contribution in [0.1, 0.15) is 0 Å². The molecular weight excluding hydrogens is 233 g/mol. The van der Waals surface area contributed by atoms with Gasteiger partial charge in [-0.1, -0.05) is 16.7 Å². The topological polar surface area (TPSA) is 46.1 Å². The van der Waals surface area contributed by atoms with Crippen molar-refractivity contribution in [1.82, 2.24) is 9.97 Å². The van der Waals surface area contributed by atoms with E-state index in [2.05, 4.69) is 14.9 Å². The first kappa shape index (κ1) is 10.6. The Balaban J connectivity index is 2.02. The number of aromatic nitrogens is 2. The predicted molar refractivity (Wildman–Crippen MR) is 69.1 cm³/mol. The third-order valence-electron chi connectivity index (χ3n) is 3.06. The van der Waals surface area contributed by atoms with Crippen molar-refractivity contribution < 1.29 is 4.57 Å². The minimum absolute atomic E-state index is 0.771.